The van der Waals surface area contributed by atoms with Crippen LogP contribution in [0.1, 0.15) is 37.8 Å². The summed E-state index contributed by atoms with van der Waals surface area (Å²) < 4.78 is 35.3. The molecule has 1 aliphatic carbocycles. The van der Waals surface area contributed by atoms with E-state index >= 15 is 0 Å². The van der Waals surface area contributed by atoms with E-state index in [0.29, 0.717) is 60.7 Å². The molecule has 0 aliphatic heterocycles. The van der Waals surface area contributed by atoms with E-state index in [0.717, 1.165) is 5.56 Å². The van der Waals surface area contributed by atoms with E-state index in [1.54, 1.807) is 42.6 Å². The number of hydrogen-bond acceptors (Lipinski definition) is 7. The van der Waals surface area contributed by atoms with Crippen LogP contribution in [0.25, 0.3) is 10.9 Å². The summed E-state index contributed by atoms with van der Waals surface area (Å²) in [5.74, 6) is 0.744. The number of nitrogens with one attached hydrogen (secondary N) is 1. The Hall–Kier alpha value is -3.72. The molecule has 1 amide bonds. The number of pyridine rings is 2. The molecule has 0 spiro atoms. The number of nitrogens with zero attached hydrogens (tertiary/aromatic N) is 3. The van der Waals surface area contributed by atoms with Gasteiger partial charge in [-0.3, -0.25) is 4.79 Å². The Morgan fingerprint density at radius 2 is 1.89 bits per heavy atom. The van der Waals surface area contributed by atoms with Crippen molar-refractivity contribution in [2.45, 2.75) is 43.9 Å². The zero-order valence-electron chi connectivity index (χ0n) is 22.1. The van der Waals surface area contributed by atoms with Gasteiger partial charge in [-0.05, 0) is 61.6 Å². The molecule has 4 rings (SSSR count). The molecule has 1 aliphatic rings. The van der Waals surface area contributed by atoms with Crippen LogP contribution in [-0.4, -0.2) is 44.0 Å². The Bertz CT molecular complexity index is 1470. The van der Waals surface area contributed by atoms with Gasteiger partial charge in [0.15, 0.2) is 0 Å². The highest BCUT2D eigenvalue weighted by Gasteiger charge is 2.54. The van der Waals surface area contributed by atoms with Crippen LogP contribution >= 0.6 is 0 Å². The van der Waals surface area contributed by atoms with Gasteiger partial charge in [0.05, 0.1) is 22.4 Å². The number of aromatic nitrogens is 2. The van der Waals surface area contributed by atoms with Crippen LogP contribution in [0.5, 0.6) is 5.88 Å². The van der Waals surface area contributed by atoms with Crippen molar-refractivity contribution in [3.8, 4) is 5.88 Å². The zero-order chi connectivity index (χ0) is 27.5. The Morgan fingerprint density at radius 3 is 2.53 bits per heavy atom. The van der Waals surface area contributed by atoms with Gasteiger partial charge >= 0.3 is 0 Å². The Labute approximate surface area is 224 Å². The van der Waals surface area contributed by atoms with Gasteiger partial charge in [-0.1, -0.05) is 32.1 Å². The third-order valence-electron chi connectivity index (χ3n) is 6.46. The second kappa shape index (κ2) is 10.9. The highest BCUT2D eigenvalue weighted by molar-refractivity contribution is 7.90. The van der Waals surface area contributed by atoms with Crippen LogP contribution in [0, 0.1) is 12.8 Å². The van der Waals surface area contributed by atoms with Gasteiger partial charge in [-0.25, -0.2) is 23.1 Å². The zero-order valence-corrected chi connectivity index (χ0v) is 22.9. The summed E-state index contributed by atoms with van der Waals surface area (Å²) in [6, 6.07) is 10.2. The second-order valence-electron chi connectivity index (χ2n) is 10.1. The molecule has 9 heteroatoms. The monoisotopic (exact) mass is 534 g/mol. The molecular weight excluding hydrogens is 500 g/mol. The Morgan fingerprint density at radius 1 is 1.18 bits per heavy atom. The number of rotatable bonds is 12. The normalized spacial score (nSPS) is 14.2. The number of hydrogen-bond donors (Lipinski definition) is 1. The van der Waals surface area contributed by atoms with Crippen molar-refractivity contribution >= 4 is 32.7 Å². The molecule has 0 saturated heterocycles. The van der Waals surface area contributed by atoms with Crippen LogP contribution in [-0.2, 0) is 20.2 Å². The van der Waals surface area contributed by atoms with Gasteiger partial charge in [-0.2, -0.15) is 0 Å². The van der Waals surface area contributed by atoms with Gasteiger partial charge in [-0.15, -0.1) is 13.2 Å². The summed E-state index contributed by atoms with van der Waals surface area (Å²) in [4.78, 5) is 24.6. The SMILES string of the molecule is C=CCN(CC=C)c1ccc2c(S(=O)(=O)NC(=O)C3(c4cc(C)cnc4OCC(C)C)CC3)cccc2n1. The number of benzene rings is 1. The lowest BCUT2D eigenvalue weighted by molar-refractivity contribution is -0.121. The second-order valence-corrected chi connectivity index (χ2v) is 11.7. The van der Waals surface area contributed by atoms with E-state index in [-0.39, 0.29) is 10.8 Å². The molecule has 0 atom stereocenters. The van der Waals surface area contributed by atoms with Crippen molar-refractivity contribution in [3.63, 3.8) is 0 Å². The first-order chi connectivity index (χ1) is 18.1. The number of carbonyl (C=O) groups excluding carboxylic acids is 1. The van der Waals surface area contributed by atoms with Crippen molar-refractivity contribution in [2.75, 3.05) is 24.6 Å². The molecule has 2 aromatic heterocycles. The minimum Gasteiger partial charge on any atom is -0.477 e. The number of amides is 1. The largest absolute Gasteiger partial charge is 0.477 e. The van der Waals surface area contributed by atoms with Crippen LogP contribution in [0.15, 0.2) is 72.8 Å². The van der Waals surface area contributed by atoms with E-state index in [4.69, 9.17) is 4.74 Å². The van der Waals surface area contributed by atoms with Crippen molar-refractivity contribution in [3.05, 3.63) is 79.0 Å². The predicted molar refractivity (Wildman–Crippen MR) is 150 cm³/mol. The Kier molecular flexibility index (Phi) is 7.87. The van der Waals surface area contributed by atoms with Crippen LogP contribution in [0.3, 0.4) is 0 Å². The number of carbonyl (C=O) groups is 1. The van der Waals surface area contributed by atoms with Gasteiger partial charge in [0.2, 0.25) is 11.8 Å². The number of sulfonamides is 1. The molecule has 0 bridgehead atoms. The number of ether oxygens (including phenoxy) is 1. The molecule has 200 valence electrons. The third kappa shape index (κ3) is 5.57. The molecule has 2 heterocycles. The summed E-state index contributed by atoms with van der Waals surface area (Å²) in [7, 11) is -4.19. The molecule has 8 nitrogen and oxygen atoms in total. The summed E-state index contributed by atoms with van der Waals surface area (Å²) in [5.41, 5.74) is 1.00. The van der Waals surface area contributed by atoms with Gasteiger partial charge in [0, 0.05) is 30.2 Å². The summed E-state index contributed by atoms with van der Waals surface area (Å²) >= 11 is 0. The van der Waals surface area contributed by atoms with Crippen molar-refractivity contribution < 1.29 is 17.9 Å². The average molecular weight is 535 g/mol. The summed E-state index contributed by atoms with van der Waals surface area (Å²) in [6.07, 6.45) is 6.25. The van der Waals surface area contributed by atoms with Gasteiger partial charge < -0.3 is 9.64 Å². The van der Waals surface area contributed by atoms with E-state index < -0.39 is 21.3 Å². The number of aryl methyl sites for hydroxylation is 1. The average Bonchev–Trinajstić information content (AvgIpc) is 3.69. The highest BCUT2D eigenvalue weighted by Crippen LogP contribution is 2.51. The topological polar surface area (TPSA) is 101 Å². The minimum atomic E-state index is -4.19. The standard InChI is InChI=1S/C29H34N4O4S/c1-6-15-33(16-7-2)26-12-11-22-24(31-26)9-8-10-25(22)38(35,36)32-28(34)29(13-14-29)23-17-21(5)18-30-27(23)37-19-20(3)4/h6-12,17-18,20H,1-2,13-16,19H2,3-5H3,(H,32,34). The quantitative estimate of drug-likeness (QED) is 0.337. The first kappa shape index (κ1) is 27.3. The van der Waals surface area contributed by atoms with Crippen LogP contribution in [0.4, 0.5) is 5.82 Å². The lowest BCUT2D eigenvalue weighted by Gasteiger charge is -2.21. The number of fused-ring (bicyclic) bond motifs is 1. The lowest BCUT2D eigenvalue weighted by Crippen LogP contribution is -2.39. The Balaban J connectivity index is 1.65. The van der Waals surface area contributed by atoms with Crippen LogP contribution < -0.4 is 14.4 Å². The molecular formula is C29H34N4O4S. The van der Waals surface area contributed by atoms with E-state index in [1.165, 1.54) is 6.07 Å². The maximum atomic E-state index is 13.5. The van der Waals surface area contributed by atoms with Crippen LogP contribution in [0.2, 0.25) is 0 Å². The van der Waals surface area contributed by atoms with Crippen molar-refractivity contribution in [1.29, 1.82) is 0 Å². The van der Waals surface area contributed by atoms with E-state index in [9.17, 15) is 13.2 Å². The molecule has 0 radical (unpaired) electrons. The molecule has 3 aromatic rings. The fraction of sp³-hybridized carbons (Fsp3) is 0.345. The van der Waals surface area contributed by atoms with Gasteiger partial charge in [0.1, 0.15) is 5.82 Å². The molecule has 1 N–H and O–H groups in total. The third-order valence-corrected chi connectivity index (χ3v) is 7.85. The summed E-state index contributed by atoms with van der Waals surface area (Å²) in [6.45, 7) is 15.1. The van der Waals surface area contributed by atoms with E-state index in [2.05, 4.69) is 27.8 Å². The maximum absolute atomic E-state index is 13.5. The smallest absolute Gasteiger partial charge is 0.264 e. The maximum Gasteiger partial charge on any atom is 0.264 e. The fourth-order valence-electron chi connectivity index (χ4n) is 4.38. The van der Waals surface area contributed by atoms with E-state index in [1.807, 2.05) is 31.7 Å². The molecule has 1 aromatic carbocycles. The van der Waals surface area contributed by atoms with Crippen molar-refractivity contribution in [2.24, 2.45) is 5.92 Å². The molecule has 38 heavy (non-hydrogen) atoms. The fourth-order valence-corrected chi connectivity index (χ4v) is 5.65. The first-order valence-electron chi connectivity index (χ1n) is 12.6. The first-order valence-corrected chi connectivity index (χ1v) is 14.1. The minimum absolute atomic E-state index is 0.00385. The molecule has 1 fully saturated rings. The molecule has 1 saturated carbocycles. The molecule has 0 unspecified atom stereocenters. The van der Waals surface area contributed by atoms with Crippen molar-refractivity contribution in [1.82, 2.24) is 14.7 Å². The number of anilines is 1. The summed E-state index contributed by atoms with van der Waals surface area (Å²) in [5, 5.41) is 0.428. The van der Waals surface area contributed by atoms with Gasteiger partial charge in [0.25, 0.3) is 10.0 Å². The lowest BCUT2D eigenvalue weighted by atomic mass is 9.95. The highest BCUT2D eigenvalue weighted by atomic mass is 32.2. The predicted octanol–water partition coefficient (Wildman–Crippen LogP) is 4.69.